The van der Waals surface area contributed by atoms with Crippen molar-refractivity contribution < 1.29 is 13.9 Å². The first-order valence-electron chi connectivity index (χ1n) is 10.9. The number of likely N-dealkylation sites (tertiary alicyclic amines) is 1. The minimum atomic E-state index is -0.297. The van der Waals surface area contributed by atoms with Gasteiger partial charge in [-0.15, -0.1) is 0 Å². The van der Waals surface area contributed by atoms with Crippen molar-refractivity contribution in [3.8, 4) is 5.75 Å². The van der Waals surface area contributed by atoms with E-state index in [4.69, 9.17) is 4.74 Å². The van der Waals surface area contributed by atoms with Crippen molar-refractivity contribution in [2.75, 3.05) is 40.3 Å². The number of rotatable bonds is 7. The van der Waals surface area contributed by atoms with E-state index < -0.39 is 0 Å². The van der Waals surface area contributed by atoms with E-state index in [0.29, 0.717) is 18.2 Å². The molecule has 6 heteroatoms. The zero-order valence-corrected chi connectivity index (χ0v) is 18.2. The molecule has 1 fully saturated rings. The molecule has 2 heterocycles. The molecule has 5 nitrogen and oxygen atoms in total. The topological polar surface area (TPSA) is 48.6 Å². The van der Waals surface area contributed by atoms with Crippen LogP contribution < -0.4 is 4.74 Å². The average Bonchev–Trinajstić information content (AvgIpc) is 3.20. The van der Waals surface area contributed by atoms with Crippen molar-refractivity contribution in [1.29, 1.82) is 0 Å². The number of halogens is 1. The van der Waals surface area contributed by atoms with Crippen LogP contribution >= 0.6 is 0 Å². The summed E-state index contributed by atoms with van der Waals surface area (Å²) in [5.74, 6) is 1.04. The van der Waals surface area contributed by atoms with Crippen molar-refractivity contribution in [1.82, 2.24) is 14.8 Å². The predicted octanol–water partition coefficient (Wildman–Crippen LogP) is 4.34. The minimum absolute atomic E-state index is 0.0530. The maximum atomic E-state index is 13.4. The average molecular weight is 424 g/mol. The number of aromatic nitrogens is 1. The normalized spacial score (nSPS) is 17.1. The molecule has 0 spiro atoms. The second-order valence-corrected chi connectivity index (χ2v) is 8.47. The van der Waals surface area contributed by atoms with Crippen LogP contribution in [0.4, 0.5) is 4.39 Å². The SMILES string of the molecule is COc1ccccc1CCN1CCC[C@@H](CN(C)C(=O)c2cc3cc(F)ccc3[nH]2)C1. The van der Waals surface area contributed by atoms with Gasteiger partial charge in [-0.25, -0.2) is 4.39 Å². The molecule has 1 aliphatic heterocycles. The first kappa shape index (κ1) is 21.4. The molecule has 1 N–H and O–H groups in total. The number of methoxy groups -OCH3 is 1. The highest BCUT2D eigenvalue weighted by atomic mass is 19.1. The highest BCUT2D eigenvalue weighted by molar-refractivity contribution is 5.97. The Morgan fingerprint density at radius 3 is 2.94 bits per heavy atom. The van der Waals surface area contributed by atoms with Gasteiger partial charge in [-0.2, -0.15) is 0 Å². The number of nitrogens with zero attached hydrogens (tertiary/aromatic N) is 2. The zero-order chi connectivity index (χ0) is 21.8. The number of carbonyl (C=O) groups is 1. The first-order valence-corrected chi connectivity index (χ1v) is 10.9. The summed E-state index contributed by atoms with van der Waals surface area (Å²) in [6, 6.07) is 14.4. The van der Waals surface area contributed by atoms with Gasteiger partial charge in [0.2, 0.25) is 0 Å². The van der Waals surface area contributed by atoms with E-state index in [1.54, 1.807) is 24.1 Å². The van der Waals surface area contributed by atoms with Gasteiger partial charge in [0.05, 0.1) is 7.11 Å². The van der Waals surface area contributed by atoms with Gasteiger partial charge in [0.15, 0.2) is 0 Å². The maximum Gasteiger partial charge on any atom is 0.270 e. The van der Waals surface area contributed by atoms with Crippen LogP contribution in [0.1, 0.15) is 28.9 Å². The predicted molar refractivity (Wildman–Crippen MR) is 121 cm³/mol. The number of aromatic amines is 1. The Labute approximate surface area is 182 Å². The number of ether oxygens (including phenoxy) is 1. The first-order chi connectivity index (χ1) is 15.0. The summed E-state index contributed by atoms with van der Waals surface area (Å²) in [5.41, 5.74) is 2.51. The lowest BCUT2D eigenvalue weighted by Crippen LogP contribution is -2.42. The molecule has 0 bridgehead atoms. The molecule has 0 aliphatic carbocycles. The number of hydrogen-bond acceptors (Lipinski definition) is 3. The van der Waals surface area contributed by atoms with Crippen LogP contribution in [0.25, 0.3) is 10.9 Å². The molecule has 2 aromatic carbocycles. The highest BCUT2D eigenvalue weighted by Gasteiger charge is 2.24. The zero-order valence-electron chi connectivity index (χ0n) is 18.2. The Hall–Kier alpha value is -2.86. The Balaban J connectivity index is 1.33. The number of nitrogens with one attached hydrogen (secondary N) is 1. The van der Waals surface area contributed by atoms with E-state index in [-0.39, 0.29) is 11.7 Å². The number of hydrogen-bond donors (Lipinski definition) is 1. The smallest absolute Gasteiger partial charge is 0.270 e. The molecule has 1 amide bonds. The molecule has 164 valence electrons. The van der Waals surface area contributed by atoms with E-state index in [2.05, 4.69) is 22.0 Å². The quantitative estimate of drug-likeness (QED) is 0.615. The van der Waals surface area contributed by atoms with E-state index in [1.165, 1.54) is 17.7 Å². The molecule has 0 saturated carbocycles. The maximum absolute atomic E-state index is 13.4. The van der Waals surface area contributed by atoms with Gasteiger partial charge in [0, 0.05) is 37.6 Å². The van der Waals surface area contributed by atoms with Crippen LogP contribution in [0.5, 0.6) is 5.75 Å². The Morgan fingerprint density at radius 2 is 2.10 bits per heavy atom. The molecule has 4 rings (SSSR count). The summed E-state index contributed by atoms with van der Waals surface area (Å²) in [7, 11) is 3.56. The number of amides is 1. The van der Waals surface area contributed by atoms with Crippen molar-refractivity contribution >= 4 is 16.8 Å². The molecule has 0 unspecified atom stereocenters. The molecule has 3 aromatic rings. The third-order valence-electron chi connectivity index (χ3n) is 6.18. The van der Waals surface area contributed by atoms with Gasteiger partial charge in [-0.05, 0) is 67.6 Å². The lowest BCUT2D eigenvalue weighted by atomic mass is 9.97. The Bertz CT molecular complexity index is 1050. The Morgan fingerprint density at radius 1 is 1.26 bits per heavy atom. The summed E-state index contributed by atoms with van der Waals surface area (Å²) < 4.78 is 18.9. The number of carbonyl (C=O) groups excluding carboxylic acids is 1. The van der Waals surface area contributed by atoms with Crippen molar-refractivity contribution in [2.45, 2.75) is 19.3 Å². The fraction of sp³-hybridized carbons (Fsp3) is 0.400. The van der Waals surface area contributed by atoms with Crippen molar-refractivity contribution in [3.63, 3.8) is 0 Å². The summed E-state index contributed by atoms with van der Waals surface area (Å²) in [4.78, 5) is 20.3. The number of H-pyrrole nitrogens is 1. The molecular formula is C25H30FN3O2. The number of para-hydroxylation sites is 1. The second-order valence-electron chi connectivity index (χ2n) is 8.47. The van der Waals surface area contributed by atoms with Crippen LogP contribution in [-0.4, -0.2) is 61.0 Å². The van der Waals surface area contributed by atoms with Gasteiger partial charge in [0.25, 0.3) is 5.91 Å². The van der Waals surface area contributed by atoms with Gasteiger partial charge >= 0.3 is 0 Å². The molecule has 0 radical (unpaired) electrons. The largest absolute Gasteiger partial charge is 0.496 e. The fourth-order valence-electron chi connectivity index (χ4n) is 4.59. The summed E-state index contributed by atoms with van der Waals surface area (Å²) >= 11 is 0. The van der Waals surface area contributed by atoms with Crippen LogP contribution in [-0.2, 0) is 6.42 Å². The summed E-state index contributed by atoms with van der Waals surface area (Å²) in [6.07, 6.45) is 3.22. The van der Waals surface area contributed by atoms with Crippen molar-refractivity contribution in [3.05, 3.63) is 65.6 Å². The number of piperidine rings is 1. The molecular weight excluding hydrogens is 393 g/mol. The lowest BCUT2D eigenvalue weighted by Gasteiger charge is -2.34. The van der Waals surface area contributed by atoms with E-state index in [1.807, 2.05) is 19.2 Å². The molecule has 1 saturated heterocycles. The van der Waals surface area contributed by atoms with E-state index in [0.717, 1.165) is 55.5 Å². The standard InChI is InChI=1S/C25H30FN3O2/c1-28(25(30)23-15-20-14-21(26)9-10-22(20)27-23)16-18-6-5-12-29(17-18)13-11-19-7-3-4-8-24(19)31-2/h3-4,7-10,14-15,18,27H,5-6,11-13,16-17H2,1-2H3/t18-/m0/s1. The van der Waals surface area contributed by atoms with E-state index in [9.17, 15) is 9.18 Å². The summed E-state index contributed by atoms with van der Waals surface area (Å²) in [5, 5.41) is 0.719. The molecule has 31 heavy (non-hydrogen) atoms. The third-order valence-corrected chi connectivity index (χ3v) is 6.18. The van der Waals surface area contributed by atoms with Gasteiger partial charge in [0.1, 0.15) is 17.3 Å². The van der Waals surface area contributed by atoms with Crippen LogP contribution in [0.15, 0.2) is 48.5 Å². The number of benzene rings is 2. The molecule has 1 aliphatic rings. The third kappa shape index (κ3) is 5.07. The van der Waals surface area contributed by atoms with Gasteiger partial charge in [-0.1, -0.05) is 18.2 Å². The van der Waals surface area contributed by atoms with Crippen LogP contribution in [0.2, 0.25) is 0 Å². The van der Waals surface area contributed by atoms with Crippen LogP contribution in [0, 0.1) is 11.7 Å². The fourth-order valence-corrected chi connectivity index (χ4v) is 4.59. The van der Waals surface area contributed by atoms with Gasteiger partial charge in [-0.3, -0.25) is 4.79 Å². The monoisotopic (exact) mass is 423 g/mol. The van der Waals surface area contributed by atoms with Crippen LogP contribution in [0.3, 0.4) is 0 Å². The number of fused-ring (bicyclic) bond motifs is 1. The molecule has 1 atom stereocenters. The Kier molecular flexibility index (Phi) is 6.56. The molecule has 1 aromatic heterocycles. The summed E-state index contributed by atoms with van der Waals surface area (Å²) in [6.45, 7) is 3.79. The van der Waals surface area contributed by atoms with E-state index >= 15 is 0 Å². The lowest BCUT2D eigenvalue weighted by molar-refractivity contribution is 0.0725. The second kappa shape index (κ2) is 9.52. The van der Waals surface area contributed by atoms with Gasteiger partial charge < -0.3 is 19.5 Å². The highest BCUT2D eigenvalue weighted by Crippen LogP contribution is 2.22. The van der Waals surface area contributed by atoms with Crippen molar-refractivity contribution in [2.24, 2.45) is 5.92 Å². The minimum Gasteiger partial charge on any atom is -0.496 e.